The molecule has 6 heteroatoms. The van der Waals surface area contributed by atoms with Crippen molar-refractivity contribution in [3.8, 4) is 39.1 Å². The van der Waals surface area contributed by atoms with Crippen LogP contribution in [0.1, 0.15) is 32.6 Å². The van der Waals surface area contributed by atoms with E-state index in [0.717, 1.165) is 12.8 Å². The van der Waals surface area contributed by atoms with E-state index >= 15 is 4.39 Å². The predicted octanol–water partition coefficient (Wildman–Crippen LogP) is 9.90. The van der Waals surface area contributed by atoms with Crippen molar-refractivity contribution in [2.75, 3.05) is 0 Å². The second-order valence-electron chi connectivity index (χ2n) is 10.0. The topological polar surface area (TPSA) is 9.23 Å². The molecule has 0 spiro atoms. The molecule has 5 rings (SSSR count). The second kappa shape index (κ2) is 10.6. The number of halogens is 5. The van der Waals surface area contributed by atoms with Crippen molar-refractivity contribution >= 4 is 0 Å². The third kappa shape index (κ3) is 5.59. The molecule has 0 heterocycles. The lowest BCUT2D eigenvalue weighted by Crippen LogP contribution is -2.36. The minimum Gasteiger partial charge on any atom is -0.432 e. The molecule has 0 aromatic heterocycles. The molecule has 0 atom stereocenters. The Kier molecular flexibility index (Phi) is 7.24. The van der Waals surface area contributed by atoms with Gasteiger partial charge in [-0.15, -0.1) is 0 Å². The maximum atomic E-state index is 15.1. The van der Waals surface area contributed by atoms with Crippen LogP contribution in [0.25, 0.3) is 33.4 Å². The fraction of sp³-hybridized carbons (Fsp3) is 0.250. The Balaban J connectivity index is 1.31. The maximum absolute atomic E-state index is 15.1. The Morgan fingerprint density at radius 3 is 1.71 bits per heavy atom. The van der Waals surface area contributed by atoms with Gasteiger partial charge in [0.15, 0.2) is 0 Å². The standard InChI is InChI=1S/C32H27F5O/c1-20-2-10-25(11-3-20)32(36,37)38-27-14-6-21(7-15-27)23-8-16-29(30(34)18-23)24-9-17-28(31(35)19-24)22-4-12-26(33)13-5-22/h4-9,12-20,25H,2-3,10-11H2,1H3. The van der Waals surface area contributed by atoms with Crippen LogP contribution in [0.3, 0.4) is 0 Å². The third-order valence-corrected chi connectivity index (χ3v) is 7.34. The van der Waals surface area contributed by atoms with Crippen LogP contribution in [0, 0.1) is 29.3 Å². The molecule has 1 aliphatic rings. The quantitative estimate of drug-likeness (QED) is 0.229. The van der Waals surface area contributed by atoms with E-state index in [4.69, 9.17) is 4.74 Å². The van der Waals surface area contributed by atoms with E-state index in [1.54, 1.807) is 30.3 Å². The van der Waals surface area contributed by atoms with Crippen LogP contribution in [-0.2, 0) is 0 Å². The summed E-state index contributed by atoms with van der Waals surface area (Å²) in [6.07, 6.45) is -0.811. The van der Waals surface area contributed by atoms with Crippen LogP contribution in [0.4, 0.5) is 22.0 Å². The molecule has 1 aliphatic carbocycles. The van der Waals surface area contributed by atoms with Gasteiger partial charge in [0.25, 0.3) is 0 Å². The molecule has 0 N–H and O–H groups in total. The van der Waals surface area contributed by atoms with E-state index in [-0.39, 0.29) is 16.9 Å². The van der Waals surface area contributed by atoms with Gasteiger partial charge < -0.3 is 4.74 Å². The van der Waals surface area contributed by atoms with Gasteiger partial charge >= 0.3 is 6.11 Å². The van der Waals surface area contributed by atoms with E-state index < -0.39 is 29.5 Å². The Hall–Kier alpha value is -3.67. The highest BCUT2D eigenvalue weighted by Gasteiger charge is 2.43. The van der Waals surface area contributed by atoms with Crippen molar-refractivity contribution < 1.29 is 26.7 Å². The van der Waals surface area contributed by atoms with E-state index in [1.807, 2.05) is 0 Å². The van der Waals surface area contributed by atoms with Crippen LogP contribution < -0.4 is 4.74 Å². The summed E-state index contributed by atoms with van der Waals surface area (Å²) < 4.78 is 77.4. The van der Waals surface area contributed by atoms with Crippen molar-refractivity contribution in [1.29, 1.82) is 0 Å². The second-order valence-corrected chi connectivity index (χ2v) is 10.0. The smallest absolute Gasteiger partial charge is 0.400 e. The molecule has 4 aromatic carbocycles. The number of alkyl halides is 2. The zero-order valence-corrected chi connectivity index (χ0v) is 20.9. The van der Waals surface area contributed by atoms with Crippen molar-refractivity contribution in [2.24, 2.45) is 11.8 Å². The van der Waals surface area contributed by atoms with Gasteiger partial charge in [0.1, 0.15) is 23.2 Å². The molecule has 0 saturated heterocycles. The van der Waals surface area contributed by atoms with Crippen molar-refractivity contribution in [3.05, 3.63) is 102 Å². The molecule has 0 amide bonds. The Labute approximate surface area is 218 Å². The molecule has 1 saturated carbocycles. The van der Waals surface area contributed by atoms with Crippen LogP contribution in [0.5, 0.6) is 5.75 Å². The monoisotopic (exact) mass is 522 g/mol. The molecule has 0 bridgehead atoms. The molecule has 38 heavy (non-hydrogen) atoms. The lowest BCUT2D eigenvalue weighted by Gasteiger charge is -2.32. The summed E-state index contributed by atoms with van der Waals surface area (Å²) in [6, 6.07) is 20.6. The summed E-state index contributed by atoms with van der Waals surface area (Å²) in [4.78, 5) is 0. The highest BCUT2D eigenvalue weighted by molar-refractivity contribution is 5.74. The lowest BCUT2D eigenvalue weighted by atomic mass is 9.82. The number of rotatable bonds is 6. The third-order valence-electron chi connectivity index (χ3n) is 7.34. The molecule has 196 valence electrons. The van der Waals surface area contributed by atoms with Gasteiger partial charge in [-0.1, -0.05) is 68.3 Å². The van der Waals surface area contributed by atoms with Crippen LogP contribution in [-0.4, -0.2) is 6.11 Å². The zero-order chi connectivity index (χ0) is 26.9. The fourth-order valence-corrected chi connectivity index (χ4v) is 5.03. The van der Waals surface area contributed by atoms with Gasteiger partial charge in [0.05, 0.1) is 5.92 Å². The molecule has 1 fully saturated rings. The average Bonchev–Trinajstić information content (AvgIpc) is 2.90. The zero-order valence-electron chi connectivity index (χ0n) is 20.9. The summed E-state index contributed by atoms with van der Waals surface area (Å²) in [6.45, 7) is 2.08. The van der Waals surface area contributed by atoms with Gasteiger partial charge in [-0.05, 0) is 77.4 Å². The molecule has 0 unspecified atom stereocenters. The van der Waals surface area contributed by atoms with Gasteiger partial charge in [-0.2, -0.15) is 8.78 Å². The summed E-state index contributed by atoms with van der Waals surface area (Å²) >= 11 is 0. The van der Waals surface area contributed by atoms with Crippen LogP contribution >= 0.6 is 0 Å². The first-order valence-corrected chi connectivity index (χ1v) is 12.7. The number of ether oxygens (including phenoxy) is 1. The predicted molar refractivity (Wildman–Crippen MR) is 139 cm³/mol. The van der Waals surface area contributed by atoms with Gasteiger partial charge in [0, 0.05) is 11.1 Å². The lowest BCUT2D eigenvalue weighted by molar-refractivity contribution is -0.223. The first-order valence-electron chi connectivity index (χ1n) is 12.7. The number of hydrogen-bond donors (Lipinski definition) is 0. The van der Waals surface area contributed by atoms with Crippen LogP contribution in [0.2, 0.25) is 0 Å². The number of benzene rings is 4. The molecule has 1 nitrogen and oxygen atoms in total. The minimum atomic E-state index is -3.24. The summed E-state index contributed by atoms with van der Waals surface area (Å²) in [7, 11) is 0. The van der Waals surface area contributed by atoms with E-state index in [9.17, 15) is 17.6 Å². The molecule has 0 radical (unpaired) electrons. The first-order chi connectivity index (χ1) is 18.2. The summed E-state index contributed by atoms with van der Waals surface area (Å²) in [5, 5.41) is 0. The largest absolute Gasteiger partial charge is 0.432 e. The summed E-state index contributed by atoms with van der Waals surface area (Å²) in [5.74, 6) is -1.78. The van der Waals surface area contributed by atoms with E-state index in [2.05, 4.69) is 6.92 Å². The normalized spacial score (nSPS) is 17.8. The minimum absolute atomic E-state index is 0.0613. The fourth-order valence-electron chi connectivity index (χ4n) is 5.03. The van der Waals surface area contributed by atoms with Gasteiger partial charge in [-0.3, -0.25) is 0 Å². The Morgan fingerprint density at radius 2 is 1.11 bits per heavy atom. The molecule has 4 aromatic rings. The maximum Gasteiger partial charge on any atom is 0.400 e. The molecular formula is C32H27F5O. The SMILES string of the molecule is CC1CCC(C(F)(F)Oc2ccc(-c3ccc(-c4ccc(-c5ccc(F)cc5)c(F)c4)c(F)c3)cc2)CC1. The molecule has 0 aliphatic heterocycles. The van der Waals surface area contributed by atoms with Crippen molar-refractivity contribution in [2.45, 2.75) is 38.7 Å². The molecular weight excluding hydrogens is 495 g/mol. The van der Waals surface area contributed by atoms with Gasteiger partial charge in [0.2, 0.25) is 0 Å². The average molecular weight is 523 g/mol. The van der Waals surface area contributed by atoms with Crippen molar-refractivity contribution in [3.63, 3.8) is 0 Å². The van der Waals surface area contributed by atoms with Crippen LogP contribution in [0.15, 0.2) is 84.9 Å². The van der Waals surface area contributed by atoms with Crippen molar-refractivity contribution in [1.82, 2.24) is 0 Å². The Morgan fingerprint density at radius 1 is 0.605 bits per heavy atom. The highest BCUT2D eigenvalue weighted by Crippen LogP contribution is 2.40. The first kappa shape index (κ1) is 26.0. The van der Waals surface area contributed by atoms with Gasteiger partial charge in [-0.25, -0.2) is 13.2 Å². The van der Waals surface area contributed by atoms with E-state index in [1.165, 1.54) is 54.6 Å². The highest BCUT2D eigenvalue weighted by atomic mass is 19.3. The Bertz CT molecular complexity index is 1410. The summed E-state index contributed by atoms with van der Waals surface area (Å²) in [5.41, 5.74) is 2.58. The van der Waals surface area contributed by atoms with E-state index in [0.29, 0.717) is 41.0 Å². The number of hydrogen-bond acceptors (Lipinski definition) is 1.